The minimum atomic E-state index is -4.75. The Bertz CT molecular complexity index is 1440. The van der Waals surface area contributed by atoms with Crippen LogP contribution in [0.2, 0.25) is 0 Å². The molecule has 0 saturated carbocycles. The van der Waals surface area contributed by atoms with E-state index in [0.717, 1.165) is 83.5 Å². The minimum Gasteiger partial charge on any atom is -0.462 e. The maximum atomic E-state index is 13.0. The molecule has 0 saturated heterocycles. The van der Waals surface area contributed by atoms with Crippen molar-refractivity contribution in [1.82, 2.24) is 0 Å². The molecule has 80 heavy (non-hydrogen) atoms. The molecule has 0 spiro atoms. The smallest absolute Gasteiger partial charge is 0.462 e. The molecule has 0 bridgehead atoms. The number of allylic oxidation sites excluding steroid dienone is 4. The lowest BCUT2D eigenvalue weighted by Gasteiger charge is -2.21. The van der Waals surface area contributed by atoms with Gasteiger partial charge in [-0.3, -0.25) is 23.4 Å². The van der Waals surface area contributed by atoms with E-state index < -0.39 is 57.8 Å². The lowest BCUT2D eigenvalue weighted by molar-refractivity contribution is -0.161. The van der Waals surface area contributed by atoms with Crippen molar-refractivity contribution in [3.05, 3.63) is 24.3 Å². The van der Waals surface area contributed by atoms with Crippen LogP contribution in [0.25, 0.3) is 0 Å². The molecular weight excluding hydrogens is 1020 g/mol. The first-order valence-electron chi connectivity index (χ1n) is 34.2. The number of phosphoric acid groups is 1. The van der Waals surface area contributed by atoms with Gasteiger partial charge in [0.1, 0.15) is 12.7 Å². The third kappa shape index (κ3) is 60.5. The van der Waals surface area contributed by atoms with Crippen molar-refractivity contribution in [2.75, 3.05) is 26.4 Å². The molecule has 0 aromatic rings. The normalized spacial score (nSPS) is 13.3. The summed E-state index contributed by atoms with van der Waals surface area (Å²) in [7, 11) is -4.75. The van der Waals surface area contributed by atoms with Crippen LogP contribution in [0.15, 0.2) is 24.3 Å². The Balaban J connectivity index is 4.61. The number of rotatable bonds is 65. The molecule has 3 unspecified atom stereocenters. The van der Waals surface area contributed by atoms with Gasteiger partial charge in [0, 0.05) is 19.3 Å². The van der Waals surface area contributed by atoms with Crippen LogP contribution in [-0.2, 0) is 42.2 Å². The van der Waals surface area contributed by atoms with Gasteiger partial charge in [-0.05, 0) is 51.4 Å². The molecule has 2 N–H and O–H groups in total. The quantitative estimate of drug-likeness (QED) is 0.0197. The first kappa shape index (κ1) is 78.0. The maximum absolute atomic E-state index is 13.0. The van der Waals surface area contributed by atoms with Crippen LogP contribution in [0.4, 0.5) is 0 Å². The highest BCUT2D eigenvalue weighted by Crippen LogP contribution is 2.43. The zero-order chi connectivity index (χ0) is 58.3. The second kappa shape index (κ2) is 63.0. The third-order valence-corrected chi connectivity index (χ3v) is 16.3. The van der Waals surface area contributed by atoms with Crippen molar-refractivity contribution in [1.29, 1.82) is 0 Å². The molecule has 0 aromatic heterocycles. The molecule has 0 aliphatic carbocycles. The van der Waals surface area contributed by atoms with Gasteiger partial charge in [-0.1, -0.05) is 308 Å². The standard InChI is InChI=1S/C68H129O11P/c1-4-7-10-13-16-19-22-25-28-30-32-34-37-40-43-46-49-52-55-58-67(71)78-64(60-69)62-76-80(73,74)77-63-65(61-75-66(70)57-54-51-48-45-42-39-36-27-24-21-18-15-12-9-6-3)79-68(72)59-56-53-50-47-44-41-38-35-33-31-29-26-23-20-17-14-11-8-5-2/h18,21,27,36,64-65,69H,4-17,19-20,22-26,28-35,37-63H2,1-3H3,(H,73,74)/b21-18-,36-27-. The monoisotopic (exact) mass is 1150 g/mol. The van der Waals surface area contributed by atoms with E-state index in [4.69, 9.17) is 23.3 Å². The molecule has 472 valence electrons. The van der Waals surface area contributed by atoms with E-state index >= 15 is 0 Å². The van der Waals surface area contributed by atoms with Crippen LogP contribution in [0.3, 0.4) is 0 Å². The lowest BCUT2D eigenvalue weighted by Crippen LogP contribution is -2.30. The Hall–Kier alpha value is -2.04. The van der Waals surface area contributed by atoms with E-state index in [0.29, 0.717) is 19.3 Å². The van der Waals surface area contributed by atoms with E-state index in [1.807, 2.05) is 0 Å². The predicted molar refractivity (Wildman–Crippen MR) is 335 cm³/mol. The minimum absolute atomic E-state index is 0.172. The van der Waals surface area contributed by atoms with Crippen LogP contribution >= 0.6 is 7.82 Å². The Labute approximate surface area is 493 Å². The second-order valence-corrected chi connectivity index (χ2v) is 24.8. The van der Waals surface area contributed by atoms with Crippen molar-refractivity contribution in [2.24, 2.45) is 0 Å². The molecule has 0 aliphatic rings. The summed E-state index contributed by atoms with van der Waals surface area (Å²) < 4.78 is 39.8. The van der Waals surface area contributed by atoms with Crippen LogP contribution < -0.4 is 0 Å². The fourth-order valence-electron chi connectivity index (χ4n) is 10.2. The molecule has 12 heteroatoms. The van der Waals surface area contributed by atoms with Crippen molar-refractivity contribution in [2.45, 2.75) is 367 Å². The van der Waals surface area contributed by atoms with Crippen LogP contribution in [0.1, 0.15) is 355 Å². The van der Waals surface area contributed by atoms with Crippen molar-refractivity contribution in [3.63, 3.8) is 0 Å². The Kier molecular flexibility index (Phi) is 61.4. The number of carbonyl (C=O) groups is 3. The van der Waals surface area contributed by atoms with Crippen LogP contribution in [0.5, 0.6) is 0 Å². The van der Waals surface area contributed by atoms with Gasteiger partial charge in [0.05, 0.1) is 19.8 Å². The molecule has 0 amide bonds. The summed E-state index contributed by atoms with van der Waals surface area (Å²) in [4.78, 5) is 48.8. The predicted octanol–water partition coefficient (Wildman–Crippen LogP) is 20.9. The van der Waals surface area contributed by atoms with Crippen molar-refractivity contribution >= 4 is 25.7 Å². The highest BCUT2D eigenvalue weighted by molar-refractivity contribution is 7.47. The van der Waals surface area contributed by atoms with Gasteiger partial charge in [0.25, 0.3) is 0 Å². The highest BCUT2D eigenvalue weighted by atomic mass is 31.2. The van der Waals surface area contributed by atoms with Gasteiger partial charge in [-0.15, -0.1) is 0 Å². The number of aliphatic hydroxyl groups excluding tert-OH is 1. The van der Waals surface area contributed by atoms with Crippen LogP contribution in [-0.4, -0.2) is 66.5 Å². The summed E-state index contributed by atoms with van der Waals surface area (Å²) >= 11 is 0. The van der Waals surface area contributed by atoms with E-state index in [9.17, 15) is 28.9 Å². The average Bonchev–Trinajstić information content (AvgIpc) is 3.45. The topological polar surface area (TPSA) is 155 Å². The first-order chi connectivity index (χ1) is 39.2. The second-order valence-electron chi connectivity index (χ2n) is 23.4. The SMILES string of the molecule is CCCCC/C=C\C/C=C\CCCCCCCC(=O)OCC(COP(=O)(O)OCC(CO)OC(=O)CCCCCCCCCCCCCCCCCCCCC)OC(=O)CCCCCCCCCCCCCCCCCCCCC. The Morgan fingerprint density at radius 1 is 0.350 bits per heavy atom. The third-order valence-electron chi connectivity index (χ3n) is 15.4. The highest BCUT2D eigenvalue weighted by Gasteiger charge is 2.28. The summed E-state index contributed by atoms with van der Waals surface area (Å²) in [6.07, 6.45) is 67.0. The number of phosphoric ester groups is 1. The van der Waals surface area contributed by atoms with Gasteiger partial charge >= 0.3 is 25.7 Å². The number of hydrogen-bond acceptors (Lipinski definition) is 10. The summed E-state index contributed by atoms with van der Waals surface area (Å²) in [6.45, 7) is 4.71. The fraction of sp³-hybridized carbons (Fsp3) is 0.897. The lowest BCUT2D eigenvalue weighted by atomic mass is 10.0. The number of carbonyl (C=O) groups excluding carboxylic acids is 3. The summed E-state index contributed by atoms with van der Waals surface area (Å²) in [6, 6.07) is 0. The van der Waals surface area contributed by atoms with Gasteiger partial charge in [0.2, 0.25) is 0 Å². The molecule has 0 aliphatic heterocycles. The molecule has 0 radical (unpaired) electrons. The van der Waals surface area contributed by atoms with E-state index in [1.54, 1.807) is 0 Å². The molecule has 0 heterocycles. The number of ether oxygens (including phenoxy) is 3. The van der Waals surface area contributed by atoms with Gasteiger partial charge in [0.15, 0.2) is 6.10 Å². The number of esters is 3. The summed E-state index contributed by atoms with van der Waals surface area (Å²) in [5, 5.41) is 9.87. The van der Waals surface area contributed by atoms with E-state index in [2.05, 4.69) is 45.1 Å². The molecule has 11 nitrogen and oxygen atoms in total. The van der Waals surface area contributed by atoms with Gasteiger partial charge in [-0.2, -0.15) is 0 Å². The molecular formula is C68H129O11P. The summed E-state index contributed by atoms with van der Waals surface area (Å²) in [5.74, 6) is -1.44. The molecule has 0 fully saturated rings. The zero-order valence-corrected chi connectivity index (χ0v) is 53.5. The number of unbranched alkanes of at least 4 members (excludes halogenated alkanes) is 44. The zero-order valence-electron chi connectivity index (χ0n) is 52.6. The van der Waals surface area contributed by atoms with E-state index in [1.165, 1.54) is 212 Å². The summed E-state index contributed by atoms with van der Waals surface area (Å²) in [5.41, 5.74) is 0. The molecule has 3 atom stereocenters. The Morgan fingerprint density at radius 3 is 0.950 bits per heavy atom. The maximum Gasteiger partial charge on any atom is 0.472 e. The van der Waals surface area contributed by atoms with Gasteiger partial charge < -0.3 is 24.2 Å². The van der Waals surface area contributed by atoms with Crippen molar-refractivity contribution in [3.8, 4) is 0 Å². The fourth-order valence-corrected chi connectivity index (χ4v) is 10.9. The number of hydrogen-bond donors (Lipinski definition) is 2. The molecule has 0 rings (SSSR count). The molecule has 0 aromatic carbocycles. The van der Waals surface area contributed by atoms with Crippen molar-refractivity contribution < 1.29 is 52.2 Å². The average molecular weight is 1150 g/mol. The first-order valence-corrected chi connectivity index (χ1v) is 35.7. The van der Waals surface area contributed by atoms with Gasteiger partial charge in [-0.25, -0.2) is 4.57 Å². The van der Waals surface area contributed by atoms with Crippen LogP contribution in [0, 0.1) is 0 Å². The van der Waals surface area contributed by atoms with E-state index in [-0.39, 0.29) is 25.9 Å². The largest absolute Gasteiger partial charge is 0.472 e. The Morgan fingerprint density at radius 2 is 0.613 bits per heavy atom. The number of aliphatic hydroxyl groups is 1.